The van der Waals surface area contributed by atoms with Crippen molar-refractivity contribution in [2.75, 3.05) is 61.8 Å². The first-order chi connectivity index (χ1) is 27.2. The van der Waals surface area contributed by atoms with Crippen LogP contribution in [0.25, 0.3) is 22.1 Å². The molecule has 5 aromatic rings. The topological polar surface area (TPSA) is 170 Å². The van der Waals surface area contributed by atoms with Crippen LogP contribution >= 0.6 is 0 Å². The zero-order chi connectivity index (χ0) is 38.8. The normalized spacial score (nSPS) is 18.1. The lowest BCUT2D eigenvalue weighted by molar-refractivity contribution is -0.129. The molecule has 1 amide bonds. The summed E-state index contributed by atoms with van der Waals surface area (Å²) in [5, 5.41) is 31.2. The van der Waals surface area contributed by atoms with Crippen LogP contribution < -0.4 is 16.0 Å². The summed E-state index contributed by atoms with van der Waals surface area (Å²) in [6, 6.07) is 9.08. The van der Waals surface area contributed by atoms with Crippen molar-refractivity contribution in [1.82, 2.24) is 54.2 Å². The number of hydrogen-bond donors (Lipinski definition) is 4. The summed E-state index contributed by atoms with van der Waals surface area (Å²) in [6.07, 6.45) is 10.3. The van der Waals surface area contributed by atoms with Crippen LogP contribution in [-0.4, -0.2) is 129 Å². The molecule has 1 aromatic carbocycles. The molecule has 56 heavy (non-hydrogen) atoms. The second kappa shape index (κ2) is 16.4. The molecule has 1 atom stereocenters. The highest BCUT2D eigenvalue weighted by Gasteiger charge is 2.25. The van der Waals surface area contributed by atoms with Gasteiger partial charge >= 0.3 is 0 Å². The highest BCUT2D eigenvalue weighted by molar-refractivity contribution is 5.93. The summed E-state index contributed by atoms with van der Waals surface area (Å²) in [5.74, 6) is 2.35. The van der Waals surface area contributed by atoms with Gasteiger partial charge in [-0.2, -0.15) is 10.2 Å². The van der Waals surface area contributed by atoms with Gasteiger partial charge < -0.3 is 30.9 Å². The fourth-order valence-corrected chi connectivity index (χ4v) is 8.51. The van der Waals surface area contributed by atoms with Gasteiger partial charge in [0, 0.05) is 97.6 Å². The second-order valence-corrected chi connectivity index (χ2v) is 15.6. The van der Waals surface area contributed by atoms with Gasteiger partial charge in [-0.05, 0) is 50.2 Å². The lowest BCUT2D eigenvalue weighted by Crippen LogP contribution is -2.41. The van der Waals surface area contributed by atoms with Gasteiger partial charge in [-0.25, -0.2) is 19.9 Å². The van der Waals surface area contributed by atoms with E-state index in [0.717, 1.165) is 111 Å². The first-order valence-corrected chi connectivity index (χ1v) is 20.0. The minimum Gasteiger partial charge on any atom is -0.390 e. The van der Waals surface area contributed by atoms with Gasteiger partial charge in [0.2, 0.25) is 5.91 Å². The van der Waals surface area contributed by atoms with Crippen LogP contribution in [0.1, 0.15) is 56.4 Å². The number of β-amino-alcohol motifs (C(OH)–C–C–N with tert-alkyl or cyclic N) is 1. The van der Waals surface area contributed by atoms with E-state index < -0.39 is 6.10 Å². The lowest BCUT2D eigenvalue weighted by atomic mass is 10.00. The molecule has 7 heterocycles. The fourth-order valence-electron chi connectivity index (χ4n) is 8.51. The minimum atomic E-state index is -0.541. The summed E-state index contributed by atoms with van der Waals surface area (Å²) in [7, 11) is 3.86. The molecular formula is C40H54N14O2. The fraction of sp³-hybridized carbons (Fsp3) is 0.525. The number of piperidine rings is 2. The number of likely N-dealkylation sites (tertiary alicyclic amines) is 2. The molecular weight excluding hydrogens is 709 g/mol. The maximum atomic E-state index is 11.8. The van der Waals surface area contributed by atoms with E-state index in [2.05, 4.69) is 83.0 Å². The number of nitrogens with one attached hydrogen (secondary N) is 3. The van der Waals surface area contributed by atoms with Crippen LogP contribution in [0, 0.1) is 0 Å². The van der Waals surface area contributed by atoms with E-state index in [1.54, 1.807) is 19.6 Å². The molecule has 3 aliphatic heterocycles. The van der Waals surface area contributed by atoms with E-state index >= 15 is 0 Å². The summed E-state index contributed by atoms with van der Waals surface area (Å²) in [4.78, 5) is 36.8. The van der Waals surface area contributed by atoms with Crippen LogP contribution in [-0.2, 0) is 38.3 Å². The number of anilines is 3. The maximum absolute atomic E-state index is 11.8. The molecule has 4 N–H and O–H groups in total. The highest BCUT2D eigenvalue weighted by atomic mass is 16.3. The Labute approximate surface area is 327 Å². The minimum absolute atomic E-state index is 0.134. The lowest BCUT2D eigenvalue weighted by Gasteiger charge is -2.34. The molecule has 0 saturated carbocycles. The van der Waals surface area contributed by atoms with Gasteiger partial charge in [0.15, 0.2) is 17.5 Å². The number of amides is 1. The van der Waals surface area contributed by atoms with Crippen molar-refractivity contribution in [2.24, 2.45) is 14.1 Å². The van der Waals surface area contributed by atoms with Crippen molar-refractivity contribution in [2.45, 2.75) is 77.1 Å². The highest BCUT2D eigenvalue weighted by Crippen LogP contribution is 2.29. The number of allylic oxidation sites excluding steroid dienone is 2. The Balaban J connectivity index is 0.840. The number of hydrogen-bond acceptors (Lipinski definition) is 13. The molecule has 0 radical (unpaired) electrons. The third-order valence-electron chi connectivity index (χ3n) is 11.7. The average molecular weight is 763 g/mol. The van der Waals surface area contributed by atoms with Crippen molar-refractivity contribution in [1.29, 1.82) is 0 Å². The Morgan fingerprint density at radius 1 is 0.804 bits per heavy atom. The molecule has 0 aliphatic carbocycles. The summed E-state index contributed by atoms with van der Waals surface area (Å²) in [5.41, 5.74) is 8.26. The molecule has 2 fully saturated rings. The summed E-state index contributed by atoms with van der Waals surface area (Å²) >= 11 is 0. The largest absolute Gasteiger partial charge is 0.390 e. The van der Waals surface area contributed by atoms with Crippen LogP contribution in [0.3, 0.4) is 0 Å². The summed E-state index contributed by atoms with van der Waals surface area (Å²) < 4.78 is 3.70. The van der Waals surface area contributed by atoms with Crippen LogP contribution in [0.4, 0.5) is 17.5 Å². The van der Waals surface area contributed by atoms with E-state index in [0.29, 0.717) is 25.3 Å². The number of benzene rings is 1. The molecule has 16 heteroatoms. The van der Waals surface area contributed by atoms with Crippen LogP contribution in [0.5, 0.6) is 0 Å². The van der Waals surface area contributed by atoms with Gasteiger partial charge in [-0.15, -0.1) is 0 Å². The number of aromatic nitrogens is 8. The number of fused-ring (bicyclic) bond motifs is 3. The van der Waals surface area contributed by atoms with Crippen molar-refractivity contribution >= 4 is 45.4 Å². The number of rotatable bonds is 12. The molecule has 0 bridgehead atoms. The Bertz CT molecular complexity index is 2200. The number of carbonyl (C=O) groups is 1. The van der Waals surface area contributed by atoms with Crippen molar-refractivity contribution in [3.8, 4) is 0 Å². The smallest absolute Gasteiger partial charge is 0.219 e. The SMILES string of the molecule is CC(=O)N1CCC(Nc2ncnc3c(C/C=C(\C)N4CCC(Nc5ncnc6c(NCC(O)CN7CCc8ccccc8C7)nn(C)c56)CC4)nn(C)c23)CC1. The number of carbonyl (C=O) groups excluding carboxylic acids is 1. The number of nitrogens with zero attached hydrogens (tertiary/aromatic N) is 11. The monoisotopic (exact) mass is 762 g/mol. The Morgan fingerprint density at radius 2 is 1.41 bits per heavy atom. The van der Waals surface area contributed by atoms with E-state index in [4.69, 9.17) is 10.2 Å². The predicted octanol–water partition coefficient (Wildman–Crippen LogP) is 3.32. The third-order valence-corrected chi connectivity index (χ3v) is 11.7. The first-order valence-electron chi connectivity index (χ1n) is 20.0. The van der Waals surface area contributed by atoms with E-state index in [1.165, 1.54) is 16.8 Å². The number of aryl methyl sites for hydroxylation is 2. The Hall–Kier alpha value is -5.35. The standard InChI is InChI=1S/C40H54N14O2/c1-26(9-10-33-34-36(50(3)48-33)39(44-24-42-34)46-31-14-19-54(20-15-31)27(2)55)53-17-12-30(13-18-53)47-40-37-35(43-25-45-40)38(49-51(37)4)41-21-32(56)23-52-16-11-28-7-5-6-8-29(28)22-52/h5-9,24-25,30-32,56H,10-23H2,1-4H3,(H,41,49)(H,42,44,46)(H,43,45,47)/b26-9+. The van der Waals surface area contributed by atoms with Crippen LogP contribution in [0.2, 0.25) is 0 Å². The van der Waals surface area contributed by atoms with Gasteiger partial charge in [-0.1, -0.05) is 30.3 Å². The molecule has 4 aromatic heterocycles. The van der Waals surface area contributed by atoms with Crippen molar-refractivity contribution in [3.63, 3.8) is 0 Å². The van der Waals surface area contributed by atoms with Crippen molar-refractivity contribution < 1.29 is 9.90 Å². The van der Waals surface area contributed by atoms with E-state index in [1.807, 2.05) is 28.4 Å². The number of aliphatic hydroxyl groups is 1. The second-order valence-electron chi connectivity index (χ2n) is 15.6. The zero-order valence-electron chi connectivity index (χ0n) is 32.9. The van der Waals surface area contributed by atoms with Gasteiger partial charge in [0.25, 0.3) is 0 Å². The predicted molar refractivity (Wildman–Crippen MR) is 217 cm³/mol. The van der Waals surface area contributed by atoms with Gasteiger partial charge in [0.05, 0.1) is 11.8 Å². The zero-order valence-corrected chi connectivity index (χ0v) is 32.9. The molecule has 1 unspecified atom stereocenters. The quantitative estimate of drug-likeness (QED) is 0.146. The molecule has 2 saturated heterocycles. The van der Waals surface area contributed by atoms with Crippen LogP contribution in [0.15, 0.2) is 48.7 Å². The number of aliphatic hydroxyl groups excluding tert-OH is 1. The Morgan fingerprint density at radius 3 is 2.09 bits per heavy atom. The van der Waals surface area contributed by atoms with Gasteiger partial charge in [-0.3, -0.25) is 19.1 Å². The third kappa shape index (κ3) is 8.12. The average Bonchev–Trinajstić information content (AvgIpc) is 3.72. The van der Waals surface area contributed by atoms with Crippen molar-refractivity contribution in [3.05, 3.63) is 65.5 Å². The molecule has 296 valence electrons. The maximum Gasteiger partial charge on any atom is 0.219 e. The molecule has 0 spiro atoms. The Kier molecular flexibility index (Phi) is 11.0. The first kappa shape index (κ1) is 37.6. The molecule has 3 aliphatic rings. The van der Waals surface area contributed by atoms with E-state index in [9.17, 15) is 9.90 Å². The molecule has 8 rings (SSSR count). The van der Waals surface area contributed by atoms with Gasteiger partial charge in [0.1, 0.15) is 34.7 Å². The molecule has 16 nitrogen and oxygen atoms in total. The summed E-state index contributed by atoms with van der Waals surface area (Å²) in [6.45, 7) is 9.96. The van der Waals surface area contributed by atoms with E-state index in [-0.39, 0.29) is 18.0 Å².